The molecule has 5 heteroatoms. The highest BCUT2D eigenvalue weighted by atomic mass is 16.1. The fourth-order valence-corrected chi connectivity index (χ4v) is 2.29. The number of aromatic nitrogens is 3. The molecular formula is C14H22N4O. The molecular weight excluding hydrogens is 240 g/mol. The summed E-state index contributed by atoms with van der Waals surface area (Å²) in [5, 5.41) is 7.81. The minimum Gasteiger partial charge on any atom is -0.343 e. The molecule has 0 fully saturated rings. The van der Waals surface area contributed by atoms with Crippen LogP contribution in [0.3, 0.4) is 0 Å². The zero-order valence-electron chi connectivity index (χ0n) is 11.9. The molecule has 0 radical (unpaired) electrons. The second-order valence-electron chi connectivity index (χ2n) is 4.90. The van der Waals surface area contributed by atoms with Gasteiger partial charge in [-0.3, -0.25) is 4.79 Å². The number of nitrogens with one attached hydrogen (secondary N) is 2. The Morgan fingerprint density at radius 3 is 2.84 bits per heavy atom. The van der Waals surface area contributed by atoms with E-state index in [1.54, 1.807) is 6.07 Å². The van der Waals surface area contributed by atoms with Crippen LogP contribution in [-0.4, -0.2) is 21.1 Å². The van der Waals surface area contributed by atoms with Crippen LogP contribution in [0, 0.1) is 6.92 Å². The Balaban J connectivity index is 2.47. The number of aryl methyl sites for hydroxylation is 2. The number of hydrogen-bond acceptors (Lipinski definition) is 3. The van der Waals surface area contributed by atoms with E-state index in [1.165, 1.54) is 4.52 Å². The summed E-state index contributed by atoms with van der Waals surface area (Å²) < 4.78 is 1.49. The van der Waals surface area contributed by atoms with Crippen molar-refractivity contribution in [1.82, 2.24) is 19.9 Å². The lowest BCUT2D eigenvalue weighted by Crippen LogP contribution is -2.16. The summed E-state index contributed by atoms with van der Waals surface area (Å²) in [7, 11) is 0. The monoisotopic (exact) mass is 262 g/mol. The lowest BCUT2D eigenvalue weighted by molar-refractivity contribution is 0.653. The van der Waals surface area contributed by atoms with Gasteiger partial charge in [-0.05, 0) is 26.3 Å². The minimum absolute atomic E-state index is 0.0645. The predicted octanol–water partition coefficient (Wildman–Crippen LogP) is 1.78. The quantitative estimate of drug-likeness (QED) is 0.780. The molecule has 5 nitrogen and oxygen atoms in total. The van der Waals surface area contributed by atoms with Crippen LogP contribution in [-0.2, 0) is 13.0 Å². The van der Waals surface area contributed by atoms with Gasteiger partial charge in [-0.15, -0.1) is 0 Å². The third-order valence-electron chi connectivity index (χ3n) is 3.15. The topological polar surface area (TPSA) is 62.2 Å². The van der Waals surface area contributed by atoms with Crippen LogP contribution in [0.1, 0.15) is 43.6 Å². The molecule has 0 aliphatic heterocycles. The summed E-state index contributed by atoms with van der Waals surface area (Å²) in [6.45, 7) is 7.86. The third kappa shape index (κ3) is 2.87. The molecule has 2 aromatic rings. The minimum atomic E-state index is -0.0645. The van der Waals surface area contributed by atoms with E-state index in [9.17, 15) is 4.79 Å². The smallest absolute Gasteiger partial charge is 0.274 e. The van der Waals surface area contributed by atoms with Crippen LogP contribution in [0.2, 0.25) is 0 Å². The summed E-state index contributed by atoms with van der Waals surface area (Å²) in [6, 6.07) is 1.58. The highest BCUT2D eigenvalue weighted by molar-refractivity contribution is 5.50. The van der Waals surface area contributed by atoms with Gasteiger partial charge in [0.15, 0.2) is 0 Å². The van der Waals surface area contributed by atoms with Gasteiger partial charge >= 0.3 is 0 Å². The summed E-state index contributed by atoms with van der Waals surface area (Å²) in [4.78, 5) is 15.2. The van der Waals surface area contributed by atoms with Crippen molar-refractivity contribution >= 4 is 5.65 Å². The molecule has 2 aromatic heterocycles. The number of hydrogen-bond donors (Lipinski definition) is 2. The predicted molar refractivity (Wildman–Crippen MR) is 76.5 cm³/mol. The SMILES string of the molecule is CCCNCc1nn2c(=O)cc(C)[nH]c2c1CCC. The molecule has 2 rings (SSSR count). The first-order chi connectivity index (χ1) is 9.17. The van der Waals surface area contributed by atoms with Crippen molar-refractivity contribution in [1.29, 1.82) is 0 Å². The van der Waals surface area contributed by atoms with Crippen molar-refractivity contribution in [3.8, 4) is 0 Å². The van der Waals surface area contributed by atoms with Crippen molar-refractivity contribution in [2.24, 2.45) is 0 Å². The summed E-state index contributed by atoms with van der Waals surface area (Å²) in [5.74, 6) is 0. The Bertz CT molecular complexity index is 612. The van der Waals surface area contributed by atoms with E-state index in [1.807, 2.05) is 6.92 Å². The Morgan fingerprint density at radius 1 is 1.37 bits per heavy atom. The summed E-state index contributed by atoms with van der Waals surface area (Å²) in [5.41, 5.74) is 3.80. The third-order valence-corrected chi connectivity index (χ3v) is 3.15. The highest BCUT2D eigenvalue weighted by Gasteiger charge is 2.14. The molecule has 0 amide bonds. The first kappa shape index (κ1) is 13.8. The van der Waals surface area contributed by atoms with Crippen molar-refractivity contribution in [3.05, 3.63) is 33.4 Å². The maximum atomic E-state index is 12.0. The number of rotatable bonds is 6. The summed E-state index contributed by atoms with van der Waals surface area (Å²) in [6.07, 6.45) is 3.07. The second kappa shape index (κ2) is 6.02. The first-order valence-electron chi connectivity index (χ1n) is 6.98. The fraction of sp³-hybridized carbons (Fsp3) is 0.571. The standard InChI is InChI=1S/C14H22N4O/c1-4-6-11-12(9-15-7-5-2)17-18-13(19)8-10(3)16-14(11)18/h8,15-16H,4-7,9H2,1-3H3. The molecule has 0 unspecified atom stereocenters. The van der Waals surface area contributed by atoms with E-state index in [0.717, 1.165) is 55.0 Å². The second-order valence-corrected chi connectivity index (χ2v) is 4.90. The van der Waals surface area contributed by atoms with Gasteiger partial charge in [-0.25, -0.2) is 0 Å². The van der Waals surface area contributed by atoms with Crippen LogP contribution >= 0.6 is 0 Å². The average Bonchev–Trinajstić information content (AvgIpc) is 2.70. The molecule has 0 spiro atoms. The molecule has 2 N–H and O–H groups in total. The van der Waals surface area contributed by atoms with Gasteiger partial charge < -0.3 is 10.3 Å². The lowest BCUT2D eigenvalue weighted by Gasteiger charge is -2.03. The maximum absolute atomic E-state index is 12.0. The number of nitrogens with zero attached hydrogens (tertiary/aromatic N) is 2. The lowest BCUT2D eigenvalue weighted by atomic mass is 10.1. The first-order valence-corrected chi connectivity index (χ1v) is 6.98. The molecule has 0 bridgehead atoms. The zero-order valence-corrected chi connectivity index (χ0v) is 11.9. The molecule has 0 saturated carbocycles. The van der Waals surface area contributed by atoms with Gasteiger partial charge in [0, 0.05) is 23.9 Å². The van der Waals surface area contributed by atoms with Crippen molar-refractivity contribution < 1.29 is 0 Å². The largest absolute Gasteiger partial charge is 0.343 e. The van der Waals surface area contributed by atoms with E-state index in [-0.39, 0.29) is 5.56 Å². The van der Waals surface area contributed by atoms with Crippen molar-refractivity contribution in [3.63, 3.8) is 0 Å². The molecule has 0 aliphatic rings. The molecule has 19 heavy (non-hydrogen) atoms. The summed E-state index contributed by atoms with van der Waals surface area (Å²) >= 11 is 0. The maximum Gasteiger partial charge on any atom is 0.274 e. The van der Waals surface area contributed by atoms with Gasteiger partial charge in [0.1, 0.15) is 5.65 Å². The fourth-order valence-electron chi connectivity index (χ4n) is 2.29. The number of fused-ring (bicyclic) bond motifs is 1. The van der Waals surface area contributed by atoms with Crippen LogP contribution in [0.5, 0.6) is 0 Å². The highest BCUT2D eigenvalue weighted by Crippen LogP contribution is 2.15. The van der Waals surface area contributed by atoms with Gasteiger partial charge in [0.2, 0.25) is 0 Å². The van der Waals surface area contributed by atoms with E-state index < -0.39 is 0 Å². The van der Waals surface area contributed by atoms with Gasteiger partial charge in [0.05, 0.1) is 5.69 Å². The van der Waals surface area contributed by atoms with Crippen LogP contribution in [0.4, 0.5) is 0 Å². The van der Waals surface area contributed by atoms with Crippen molar-refractivity contribution in [2.45, 2.75) is 46.6 Å². The molecule has 104 valence electrons. The van der Waals surface area contributed by atoms with Gasteiger partial charge in [-0.1, -0.05) is 20.3 Å². The van der Waals surface area contributed by atoms with Crippen LogP contribution in [0.15, 0.2) is 10.9 Å². The number of H-pyrrole nitrogens is 1. The normalized spacial score (nSPS) is 11.3. The van der Waals surface area contributed by atoms with Gasteiger partial charge in [-0.2, -0.15) is 9.61 Å². The van der Waals surface area contributed by atoms with Crippen LogP contribution < -0.4 is 10.9 Å². The van der Waals surface area contributed by atoms with E-state index in [4.69, 9.17) is 0 Å². The van der Waals surface area contributed by atoms with E-state index in [2.05, 4.69) is 29.2 Å². The Kier molecular flexibility index (Phi) is 4.37. The van der Waals surface area contributed by atoms with E-state index >= 15 is 0 Å². The molecule has 0 saturated heterocycles. The molecule has 0 atom stereocenters. The average molecular weight is 262 g/mol. The molecule has 0 aromatic carbocycles. The van der Waals surface area contributed by atoms with Gasteiger partial charge in [0.25, 0.3) is 5.56 Å². The zero-order chi connectivity index (χ0) is 13.8. The van der Waals surface area contributed by atoms with Crippen LogP contribution in [0.25, 0.3) is 5.65 Å². The Labute approximate surface area is 113 Å². The Morgan fingerprint density at radius 2 is 2.16 bits per heavy atom. The number of aromatic amines is 1. The van der Waals surface area contributed by atoms with E-state index in [0.29, 0.717) is 0 Å². The van der Waals surface area contributed by atoms with Crippen molar-refractivity contribution in [2.75, 3.05) is 6.54 Å². The molecule has 0 aliphatic carbocycles. The Hall–Kier alpha value is -1.62. The molecule has 2 heterocycles.